The first-order chi connectivity index (χ1) is 24.6. The second-order valence-corrected chi connectivity index (χ2v) is 12.4. The second kappa shape index (κ2) is 15.8. The van der Waals surface area contributed by atoms with Crippen LogP contribution in [0.2, 0.25) is 5.02 Å². The molecule has 0 aliphatic heterocycles. The minimum absolute atomic E-state index is 0.00898. The predicted octanol–water partition coefficient (Wildman–Crippen LogP) is 6.15. The highest BCUT2D eigenvalue weighted by atomic mass is 35.5. The molecule has 0 spiro atoms. The van der Waals surface area contributed by atoms with Crippen molar-refractivity contribution in [3.8, 4) is 6.01 Å². The van der Waals surface area contributed by atoms with Crippen molar-refractivity contribution < 1.29 is 41.1 Å². The minimum atomic E-state index is -4.62. The minimum Gasteiger partial charge on any atom is -0.454 e. The molecule has 0 saturated heterocycles. The SMILES string of the molecule is CN(CCCN(C)C(=O)c1ccc(Nc2nc(NC3(c4ccc(Cl)cc4)CC3)nc(OCC(F)(F)F)n2)cc1)C(=O)C(=O)Nc1ccc(F)cc1F. The number of nitrogens with zero attached hydrogens (tertiary/aromatic N) is 5. The monoisotopic (exact) mass is 746 g/mol. The quantitative estimate of drug-likeness (QED) is 0.109. The number of carbonyl (C=O) groups excluding carboxylic acids is 3. The number of hydrogen-bond acceptors (Lipinski definition) is 9. The van der Waals surface area contributed by atoms with E-state index in [1.807, 2.05) is 12.1 Å². The second-order valence-electron chi connectivity index (χ2n) is 12.0. The summed E-state index contributed by atoms with van der Waals surface area (Å²) in [4.78, 5) is 52.6. The number of likely N-dealkylation sites (N-methyl/N-ethyl adjacent to an activating group) is 1. The summed E-state index contributed by atoms with van der Waals surface area (Å²) in [5.74, 6) is -4.38. The summed E-state index contributed by atoms with van der Waals surface area (Å²) in [5, 5.41) is 8.76. The normalized spacial score (nSPS) is 13.2. The standard InChI is InChI=1S/C34H32ClF5N8O4/c1-47(16-3-17-48(2)29(51)27(49)42-26-13-10-23(36)18-25(26)37)28(50)20-4-11-24(12-5-20)41-30-43-31(45-32(44-30)52-19-34(38,39)40)46-33(14-15-33)21-6-8-22(35)9-7-21/h4-13,18H,3,14-17,19H2,1-2H3,(H,42,49)(H2,41,43,44,45,46). The molecular weight excluding hydrogens is 715 g/mol. The fourth-order valence-corrected chi connectivity index (χ4v) is 5.13. The molecule has 1 saturated carbocycles. The Morgan fingerprint density at radius 3 is 2.17 bits per heavy atom. The highest BCUT2D eigenvalue weighted by molar-refractivity contribution is 6.39. The summed E-state index contributed by atoms with van der Waals surface area (Å²) in [6, 6.07) is 15.3. The Balaban J connectivity index is 1.17. The van der Waals surface area contributed by atoms with Gasteiger partial charge < -0.3 is 30.5 Å². The molecule has 4 aromatic rings. The third-order valence-electron chi connectivity index (χ3n) is 7.92. The van der Waals surface area contributed by atoms with Crippen LogP contribution in [0.3, 0.4) is 0 Å². The molecule has 1 aliphatic carbocycles. The first-order valence-electron chi connectivity index (χ1n) is 15.7. The number of carbonyl (C=O) groups is 3. The molecule has 0 unspecified atom stereocenters. The van der Waals surface area contributed by atoms with Gasteiger partial charge >= 0.3 is 24.0 Å². The molecule has 0 atom stereocenters. The molecule has 1 fully saturated rings. The van der Waals surface area contributed by atoms with Crippen LogP contribution in [0.15, 0.2) is 66.7 Å². The lowest BCUT2D eigenvalue weighted by Crippen LogP contribution is -2.39. The molecular formula is C34H32ClF5N8O4. The number of rotatable bonds is 13. The van der Waals surface area contributed by atoms with Gasteiger partial charge in [0.05, 0.1) is 11.2 Å². The third-order valence-corrected chi connectivity index (χ3v) is 8.17. The van der Waals surface area contributed by atoms with Crippen LogP contribution >= 0.6 is 11.6 Å². The van der Waals surface area contributed by atoms with Gasteiger partial charge in [0.15, 0.2) is 6.61 Å². The van der Waals surface area contributed by atoms with Crippen molar-refractivity contribution in [2.75, 3.05) is 49.7 Å². The van der Waals surface area contributed by atoms with E-state index in [-0.39, 0.29) is 36.6 Å². The number of nitrogens with one attached hydrogen (secondary N) is 3. The van der Waals surface area contributed by atoms with Crippen LogP contribution in [0, 0.1) is 11.6 Å². The Hall–Kier alpha value is -5.58. The van der Waals surface area contributed by atoms with E-state index in [9.17, 15) is 36.3 Å². The zero-order chi connectivity index (χ0) is 37.6. The van der Waals surface area contributed by atoms with Crippen molar-refractivity contribution in [1.82, 2.24) is 24.8 Å². The number of halogens is 6. The summed E-state index contributed by atoms with van der Waals surface area (Å²) >= 11 is 6.02. The summed E-state index contributed by atoms with van der Waals surface area (Å²) in [6.07, 6.45) is -2.88. The Morgan fingerprint density at radius 1 is 0.885 bits per heavy atom. The van der Waals surface area contributed by atoms with E-state index >= 15 is 0 Å². The summed E-state index contributed by atoms with van der Waals surface area (Å²) in [5.41, 5.74) is 0.745. The third kappa shape index (κ3) is 10.0. The van der Waals surface area contributed by atoms with E-state index in [2.05, 4.69) is 30.9 Å². The largest absolute Gasteiger partial charge is 0.454 e. The lowest BCUT2D eigenvalue weighted by Gasteiger charge is -2.21. The molecule has 18 heteroatoms. The van der Waals surface area contributed by atoms with Crippen LogP contribution < -0.4 is 20.7 Å². The summed E-state index contributed by atoms with van der Waals surface area (Å²) in [6.45, 7) is -1.30. The highest BCUT2D eigenvalue weighted by Crippen LogP contribution is 2.48. The van der Waals surface area contributed by atoms with Gasteiger partial charge in [-0.1, -0.05) is 23.7 Å². The highest BCUT2D eigenvalue weighted by Gasteiger charge is 2.45. The molecule has 5 rings (SSSR count). The molecule has 0 radical (unpaired) electrons. The Kier molecular flexibility index (Phi) is 11.4. The maximum absolute atomic E-state index is 13.8. The van der Waals surface area contributed by atoms with Crippen LogP contribution in [0.5, 0.6) is 6.01 Å². The lowest BCUT2D eigenvalue weighted by atomic mass is 10.1. The molecule has 3 amide bonds. The summed E-state index contributed by atoms with van der Waals surface area (Å²) in [7, 11) is 2.93. The zero-order valence-electron chi connectivity index (χ0n) is 27.7. The number of hydrogen-bond donors (Lipinski definition) is 3. The maximum atomic E-state index is 13.8. The Labute approximate surface area is 299 Å². The molecule has 3 N–H and O–H groups in total. The first kappa shape index (κ1) is 37.7. The first-order valence-corrected chi connectivity index (χ1v) is 16.1. The van der Waals surface area contributed by atoms with E-state index < -0.39 is 47.8 Å². The molecule has 12 nitrogen and oxygen atoms in total. The van der Waals surface area contributed by atoms with E-state index in [1.165, 1.54) is 24.1 Å². The van der Waals surface area contributed by atoms with Crippen molar-refractivity contribution in [1.29, 1.82) is 0 Å². The van der Waals surface area contributed by atoms with Crippen molar-refractivity contribution in [2.24, 2.45) is 0 Å². The van der Waals surface area contributed by atoms with Gasteiger partial charge in [0, 0.05) is 49.5 Å². The zero-order valence-corrected chi connectivity index (χ0v) is 28.5. The van der Waals surface area contributed by atoms with Gasteiger partial charge in [-0.25, -0.2) is 8.78 Å². The van der Waals surface area contributed by atoms with Gasteiger partial charge in [0.2, 0.25) is 11.9 Å². The number of ether oxygens (including phenoxy) is 1. The fourth-order valence-electron chi connectivity index (χ4n) is 5.01. The molecule has 1 aliphatic rings. The van der Waals surface area contributed by atoms with Crippen LogP contribution in [0.1, 0.15) is 35.2 Å². The fraction of sp³-hybridized carbons (Fsp3) is 0.294. The van der Waals surface area contributed by atoms with Gasteiger partial charge in [-0.05, 0) is 73.4 Å². The number of aromatic nitrogens is 3. The van der Waals surface area contributed by atoms with Gasteiger partial charge in [-0.3, -0.25) is 14.4 Å². The molecule has 52 heavy (non-hydrogen) atoms. The van der Waals surface area contributed by atoms with Gasteiger partial charge in [0.25, 0.3) is 5.91 Å². The number of amides is 3. The van der Waals surface area contributed by atoms with E-state index in [0.717, 1.165) is 35.4 Å². The number of alkyl halides is 3. The number of benzene rings is 3. The molecule has 274 valence electrons. The molecule has 3 aromatic carbocycles. The average molecular weight is 747 g/mol. The van der Waals surface area contributed by atoms with Crippen molar-refractivity contribution in [3.63, 3.8) is 0 Å². The maximum Gasteiger partial charge on any atom is 0.422 e. The predicted molar refractivity (Wildman–Crippen MR) is 181 cm³/mol. The molecule has 0 bridgehead atoms. The van der Waals surface area contributed by atoms with Crippen LogP contribution in [-0.2, 0) is 15.1 Å². The van der Waals surface area contributed by atoms with E-state index in [4.69, 9.17) is 16.3 Å². The van der Waals surface area contributed by atoms with Crippen LogP contribution in [0.25, 0.3) is 0 Å². The van der Waals surface area contributed by atoms with Crippen molar-refractivity contribution in [2.45, 2.75) is 31.0 Å². The van der Waals surface area contributed by atoms with Gasteiger partial charge in [-0.2, -0.15) is 28.1 Å². The van der Waals surface area contributed by atoms with E-state index in [1.54, 1.807) is 31.3 Å². The lowest BCUT2D eigenvalue weighted by molar-refractivity contribution is -0.154. The van der Waals surface area contributed by atoms with Crippen molar-refractivity contribution >= 4 is 52.6 Å². The van der Waals surface area contributed by atoms with Gasteiger partial charge in [-0.15, -0.1) is 0 Å². The van der Waals surface area contributed by atoms with Gasteiger partial charge in [0.1, 0.15) is 11.6 Å². The van der Waals surface area contributed by atoms with E-state index in [0.29, 0.717) is 28.8 Å². The topological polar surface area (TPSA) is 142 Å². The smallest absolute Gasteiger partial charge is 0.422 e. The molecule has 1 heterocycles. The summed E-state index contributed by atoms with van der Waals surface area (Å²) < 4.78 is 70.5. The van der Waals surface area contributed by atoms with Crippen LogP contribution in [-0.4, -0.2) is 82.4 Å². The van der Waals surface area contributed by atoms with Crippen LogP contribution in [0.4, 0.5) is 45.2 Å². The number of anilines is 4. The Morgan fingerprint density at radius 2 is 1.54 bits per heavy atom. The molecule has 1 aromatic heterocycles. The van der Waals surface area contributed by atoms with Crippen molar-refractivity contribution in [3.05, 3.63) is 94.5 Å². The Bertz CT molecular complexity index is 1930. The average Bonchev–Trinajstić information content (AvgIpc) is 3.88.